The highest BCUT2D eigenvalue weighted by atomic mass is 79.9. The first-order chi connectivity index (χ1) is 9.34. The van der Waals surface area contributed by atoms with E-state index < -0.39 is 15.6 Å². The Balaban J connectivity index is 3.17. The molecule has 0 amide bonds. The lowest BCUT2D eigenvalue weighted by Crippen LogP contribution is -2.47. The Hall–Kier alpha value is -0.430. The molecule has 0 atom stereocenters. The topological polar surface area (TPSA) is 66.4 Å². The molecule has 0 radical (unpaired) electrons. The highest BCUT2D eigenvalue weighted by Gasteiger charge is 2.31. The van der Waals surface area contributed by atoms with E-state index in [1.54, 1.807) is 12.1 Å². The highest BCUT2D eigenvalue weighted by molar-refractivity contribution is 9.10. The summed E-state index contributed by atoms with van der Waals surface area (Å²) in [6.07, 6.45) is 2.22. The molecule has 114 valence electrons. The predicted octanol–water partition coefficient (Wildman–Crippen LogP) is 3.19. The van der Waals surface area contributed by atoms with Gasteiger partial charge in [0.1, 0.15) is 0 Å². The number of aliphatic hydroxyl groups is 1. The number of hydrogen-bond acceptors (Lipinski definition) is 3. The Labute approximate surface area is 129 Å². The van der Waals surface area contributed by atoms with Crippen LogP contribution in [0.15, 0.2) is 27.6 Å². The van der Waals surface area contributed by atoms with Crippen molar-refractivity contribution in [2.75, 3.05) is 0 Å². The van der Waals surface area contributed by atoms with Crippen molar-refractivity contribution in [3.8, 4) is 0 Å². The molecule has 0 heterocycles. The lowest BCUT2D eigenvalue weighted by Gasteiger charge is -2.31. The maximum absolute atomic E-state index is 12.5. The minimum Gasteiger partial charge on any atom is -0.392 e. The summed E-state index contributed by atoms with van der Waals surface area (Å²) in [5.74, 6) is 0. The van der Waals surface area contributed by atoms with Crippen molar-refractivity contribution in [1.29, 1.82) is 0 Å². The van der Waals surface area contributed by atoms with Crippen LogP contribution in [0.1, 0.15) is 45.6 Å². The largest absolute Gasteiger partial charge is 0.392 e. The molecule has 6 heteroatoms. The Morgan fingerprint density at radius 3 is 2.15 bits per heavy atom. The number of aliphatic hydroxyl groups excluding tert-OH is 1. The van der Waals surface area contributed by atoms with Gasteiger partial charge in [-0.3, -0.25) is 0 Å². The fourth-order valence-corrected chi connectivity index (χ4v) is 4.91. The first kappa shape index (κ1) is 17.6. The normalized spacial score (nSPS) is 12.7. The summed E-state index contributed by atoms with van der Waals surface area (Å²) < 4.78 is 28.4. The van der Waals surface area contributed by atoms with E-state index in [-0.39, 0.29) is 11.5 Å². The molecule has 1 aromatic rings. The molecular formula is C14H22BrNO3S. The first-order valence-electron chi connectivity index (χ1n) is 6.77. The molecule has 2 N–H and O–H groups in total. The van der Waals surface area contributed by atoms with Gasteiger partial charge in [0.15, 0.2) is 0 Å². The number of sulfonamides is 1. The van der Waals surface area contributed by atoms with Gasteiger partial charge in [-0.25, -0.2) is 13.1 Å². The molecule has 1 aromatic carbocycles. The van der Waals surface area contributed by atoms with Crippen molar-refractivity contribution in [3.63, 3.8) is 0 Å². The zero-order valence-electron chi connectivity index (χ0n) is 12.1. The second-order valence-electron chi connectivity index (χ2n) is 4.87. The molecule has 0 saturated heterocycles. The van der Waals surface area contributed by atoms with Crippen molar-refractivity contribution in [2.45, 2.75) is 57.1 Å². The highest BCUT2D eigenvalue weighted by Crippen LogP contribution is 2.27. The van der Waals surface area contributed by atoms with Crippen LogP contribution in [-0.2, 0) is 16.6 Å². The molecular weight excluding hydrogens is 342 g/mol. The number of hydrogen-bond donors (Lipinski definition) is 2. The molecule has 0 bridgehead atoms. The van der Waals surface area contributed by atoms with Crippen LogP contribution in [0.25, 0.3) is 0 Å². The van der Waals surface area contributed by atoms with Gasteiger partial charge in [0.05, 0.1) is 11.5 Å². The van der Waals surface area contributed by atoms with Gasteiger partial charge in [0.2, 0.25) is 10.0 Å². The van der Waals surface area contributed by atoms with E-state index in [0.717, 1.165) is 19.3 Å². The van der Waals surface area contributed by atoms with E-state index in [9.17, 15) is 8.42 Å². The first-order valence-corrected chi connectivity index (χ1v) is 9.05. The molecule has 0 unspecified atom stereocenters. The van der Waals surface area contributed by atoms with Crippen LogP contribution in [0.5, 0.6) is 0 Å². The summed E-state index contributed by atoms with van der Waals surface area (Å²) in [6.45, 7) is 5.84. The molecule has 0 aliphatic carbocycles. The van der Waals surface area contributed by atoms with E-state index in [4.69, 9.17) is 5.11 Å². The van der Waals surface area contributed by atoms with Gasteiger partial charge in [-0.2, -0.15) is 0 Å². The summed E-state index contributed by atoms with van der Waals surface area (Å²) in [6, 6.07) is 4.76. The van der Waals surface area contributed by atoms with Crippen LogP contribution in [-0.4, -0.2) is 19.1 Å². The second kappa shape index (κ2) is 7.02. The zero-order chi connectivity index (χ0) is 15.4. The van der Waals surface area contributed by atoms with Crippen LogP contribution < -0.4 is 4.72 Å². The molecule has 0 fully saturated rings. The Bertz CT molecular complexity index is 545. The number of halogens is 1. The summed E-state index contributed by atoms with van der Waals surface area (Å²) in [7, 11) is -3.59. The van der Waals surface area contributed by atoms with Gasteiger partial charge in [-0.05, 0) is 52.9 Å². The van der Waals surface area contributed by atoms with Crippen LogP contribution in [0.4, 0.5) is 0 Å². The number of nitrogens with one attached hydrogen (secondary N) is 1. The van der Waals surface area contributed by atoms with Crippen LogP contribution in [0, 0.1) is 0 Å². The monoisotopic (exact) mass is 363 g/mol. The average molecular weight is 364 g/mol. The molecule has 0 aliphatic heterocycles. The lowest BCUT2D eigenvalue weighted by molar-refractivity contribution is 0.281. The predicted molar refractivity (Wildman–Crippen MR) is 84.0 cm³/mol. The van der Waals surface area contributed by atoms with Gasteiger partial charge >= 0.3 is 0 Å². The zero-order valence-corrected chi connectivity index (χ0v) is 14.5. The smallest absolute Gasteiger partial charge is 0.242 e. The Morgan fingerprint density at radius 1 is 1.20 bits per heavy atom. The summed E-state index contributed by atoms with van der Waals surface area (Å²) in [5, 5.41) is 9.07. The third-order valence-corrected chi connectivity index (χ3v) is 6.40. The van der Waals surface area contributed by atoms with Gasteiger partial charge in [0.25, 0.3) is 0 Å². The van der Waals surface area contributed by atoms with Gasteiger partial charge in [-0.15, -0.1) is 0 Å². The standard InChI is InChI=1S/C14H22BrNO3S/c1-4-14(5-2,6-3)16-20(18,19)13-8-7-11(10-17)9-12(13)15/h7-9,16-17H,4-6,10H2,1-3H3. The molecule has 0 saturated carbocycles. The quantitative estimate of drug-likeness (QED) is 0.781. The SMILES string of the molecule is CCC(CC)(CC)NS(=O)(=O)c1ccc(CO)cc1Br. The molecule has 20 heavy (non-hydrogen) atoms. The van der Waals surface area contributed by atoms with Gasteiger partial charge < -0.3 is 5.11 Å². The van der Waals surface area contributed by atoms with E-state index in [0.29, 0.717) is 10.0 Å². The van der Waals surface area contributed by atoms with Crippen molar-refractivity contribution in [1.82, 2.24) is 4.72 Å². The second-order valence-corrected chi connectivity index (χ2v) is 7.37. The Kier molecular flexibility index (Phi) is 6.19. The van der Waals surface area contributed by atoms with Crippen molar-refractivity contribution < 1.29 is 13.5 Å². The summed E-state index contributed by atoms with van der Waals surface area (Å²) in [4.78, 5) is 0.203. The molecule has 1 rings (SSSR count). The van der Waals surface area contributed by atoms with E-state index in [1.165, 1.54) is 6.07 Å². The summed E-state index contributed by atoms with van der Waals surface area (Å²) in [5.41, 5.74) is 0.261. The fourth-order valence-electron chi connectivity index (χ4n) is 2.17. The van der Waals surface area contributed by atoms with Gasteiger partial charge in [-0.1, -0.05) is 26.8 Å². The van der Waals surface area contributed by atoms with Crippen LogP contribution >= 0.6 is 15.9 Å². The fraction of sp³-hybridized carbons (Fsp3) is 0.571. The molecule has 0 aromatic heterocycles. The van der Waals surface area contributed by atoms with Gasteiger partial charge in [0, 0.05) is 10.0 Å². The van der Waals surface area contributed by atoms with E-state index in [1.807, 2.05) is 20.8 Å². The third kappa shape index (κ3) is 3.81. The van der Waals surface area contributed by atoms with Crippen molar-refractivity contribution in [3.05, 3.63) is 28.2 Å². The van der Waals surface area contributed by atoms with Crippen molar-refractivity contribution >= 4 is 26.0 Å². The average Bonchev–Trinajstić information content (AvgIpc) is 2.44. The third-order valence-electron chi connectivity index (χ3n) is 3.85. The van der Waals surface area contributed by atoms with Crippen LogP contribution in [0.2, 0.25) is 0 Å². The van der Waals surface area contributed by atoms with E-state index >= 15 is 0 Å². The maximum Gasteiger partial charge on any atom is 0.242 e. The summed E-state index contributed by atoms with van der Waals surface area (Å²) >= 11 is 3.27. The Morgan fingerprint density at radius 2 is 1.75 bits per heavy atom. The molecule has 0 spiro atoms. The molecule has 0 aliphatic rings. The van der Waals surface area contributed by atoms with E-state index in [2.05, 4.69) is 20.7 Å². The maximum atomic E-state index is 12.5. The molecule has 4 nitrogen and oxygen atoms in total. The minimum atomic E-state index is -3.59. The number of benzene rings is 1. The lowest BCUT2D eigenvalue weighted by atomic mass is 9.91. The minimum absolute atomic E-state index is 0.116. The van der Waals surface area contributed by atoms with Crippen LogP contribution in [0.3, 0.4) is 0 Å². The van der Waals surface area contributed by atoms with Crippen molar-refractivity contribution in [2.24, 2.45) is 0 Å². The number of rotatable bonds is 7.